The number of hydrogen-bond donors (Lipinski definition) is 0. The van der Waals surface area contributed by atoms with Gasteiger partial charge in [0.05, 0.1) is 12.2 Å². The maximum Gasteiger partial charge on any atom is 0.379 e. The number of benzene rings is 2. The number of nitrogens with zero attached hydrogens (tertiary/aromatic N) is 1. The molecule has 2 aromatic carbocycles. The van der Waals surface area contributed by atoms with E-state index in [9.17, 15) is 19.2 Å². The highest BCUT2D eigenvalue weighted by molar-refractivity contribution is 6.31. The number of esters is 2. The van der Waals surface area contributed by atoms with Gasteiger partial charge in [-0.15, -0.1) is 0 Å². The Bertz CT molecular complexity index is 1230. The van der Waals surface area contributed by atoms with Gasteiger partial charge in [-0.1, -0.05) is 17.7 Å². The lowest BCUT2D eigenvalue weighted by Crippen LogP contribution is -2.27. The van der Waals surface area contributed by atoms with Gasteiger partial charge in [0.1, 0.15) is 5.75 Å². The van der Waals surface area contributed by atoms with Crippen LogP contribution >= 0.6 is 11.6 Å². The summed E-state index contributed by atoms with van der Waals surface area (Å²) >= 11 is 6.14. The van der Waals surface area contributed by atoms with Gasteiger partial charge in [0.15, 0.2) is 12.4 Å². The molecule has 9 heteroatoms. The standard InChI is InChI=1S/C25H20ClNO7/c1-15-19(26)4-2-5-20(15)27-13-17(12-23(27)29)24(30)33-14-21(28)16-7-9-18(10-8-16)34-25(31)22-6-3-11-32-22/h2-11,17H,12-14H2,1H3/t17-/m0/s1. The normalized spacial score (nSPS) is 15.3. The zero-order valence-corrected chi connectivity index (χ0v) is 18.9. The van der Waals surface area contributed by atoms with Gasteiger partial charge < -0.3 is 18.8 Å². The van der Waals surface area contributed by atoms with E-state index in [4.69, 9.17) is 25.5 Å². The van der Waals surface area contributed by atoms with Crippen LogP contribution in [0.5, 0.6) is 5.75 Å². The van der Waals surface area contributed by atoms with E-state index in [0.717, 1.165) is 5.56 Å². The summed E-state index contributed by atoms with van der Waals surface area (Å²) in [4.78, 5) is 50.8. The number of Topliss-reactive ketones (excluding diaryl/α,β-unsaturated/α-hetero) is 1. The van der Waals surface area contributed by atoms with Gasteiger partial charge in [-0.05, 0) is 61.0 Å². The molecule has 2 heterocycles. The molecule has 1 atom stereocenters. The van der Waals surface area contributed by atoms with Crippen LogP contribution in [0.3, 0.4) is 0 Å². The van der Waals surface area contributed by atoms with Crippen molar-refractivity contribution in [2.24, 2.45) is 5.92 Å². The maximum atomic E-state index is 12.5. The van der Waals surface area contributed by atoms with Crippen molar-refractivity contribution in [1.82, 2.24) is 0 Å². The molecular formula is C25H20ClNO7. The second-order valence-corrected chi connectivity index (χ2v) is 8.12. The van der Waals surface area contributed by atoms with E-state index in [2.05, 4.69) is 0 Å². The average molecular weight is 482 g/mol. The Morgan fingerprint density at radius 3 is 2.56 bits per heavy atom. The molecule has 1 fully saturated rings. The third-order valence-electron chi connectivity index (χ3n) is 5.44. The lowest BCUT2D eigenvalue weighted by atomic mass is 10.1. The summed E-state index contributed by atoms with van der Waals surface area (Å²) in [6.45, 7) is 1.49. The van der Waals surface area contributed by atoms with Crippen molar-refractivity contribution in [1.29, 1.82) is 0 Å². The fourth-order valence-electron chi connectivity index (χ4n) is 3.59. The van der Waals surface area contributed by atoms with Gasteiger partial charge >= 0.3 is 11.9 Å². The summed E-state index contributed by atoms with van der Waals surface area (Å²) in [7, 11) is 0. The van der Waals surface area contributed by atoms with E-state index in [-0.39, 0.29) is 35.9 Å². The van der Waals surface area contributed by atoms with Crippen molar-refractivity contribution in [3.8, 4) is 5.75 Å². The van der Waals surface area contributed by atoms with Crippen molar-refractivity contribution in [3.63, 3.8) is 0 Å². The first-order chi connectivity index (χ1) is 16.3. The molecule has 0 spiro atoms. The Balaban J connectivity index is 1.30. The monoisotopic (exact) mass is 481 g/mol. The molecule has 0 aliphatic carbocycles. The Hall–Kier alpha value is -3.91. The Morgan fingerprint density at radius 1 is 1.09 bits per heavy atom. The van der Waals surface area contributed by atoms with Crippen molar-refractivity contribution < 1.29 is 33.1 Å². The Labute approximate surface area is 200 Å². The van der Waals surface area contributed by atoms with Crippen LogP contribution in [-0.4, -0.2) is 36.8 Å². The van der Waals surface area contributed by atoms with Gasteiger partial charge in [-0.2, -0.15) is 0 Å². The number of ketones is 1. The van der Waals surface area contributed by atoms with Crippen LogP contribution in [0.25, 0.3) is 0 Å². The molecular weight excluding hydrogens is 462 g/mol. The molecule has 8 nitrogen and oxygen atoms in total. The molecule has 0 saturated carbocycles. The summed E-state index contributed by atoms with van der Waals surface area (Å²) in [5.41, 5.74) is 1.68. The average Bonchev–Trinajstić information content (AvgIpc) is 3.50. The third kappa shape index (κ3) is 5.02. The van der Waals surface area contributed by atoms with Gasteiger partial charge in [-0.3, -0.25) is 14.4 Å². The highest BCUT2D eigenvalue weighted by Gasteiger charge is 2.37. The molecule has 0 radical (unpaired) electrons. The minimum Gasteiger partial charge on any atom is -0.457 e. The molecule has 1 aliphatic heterocycles. The van der Waals surface area contributed by atoms with E-state index >= 15 is 0 Å². The number of carbonyl (C=O) groups excluding carboxylic acids is 4. The molecule has 34 heavy (non-hydrogen) atoms. The zero-order valence-electron chi connectivity index (χ0n) is 18.2. The topological polar surface area (TPSA) is 103 Å². The Kier molecular flexibility index (Phi) is 6.79. The van der Waals surface area contributed by atoms with E-state index in [0.29, 0.717) is 10.7 Å². The molecule has 0 unspecified atom stereocenters. The predicted octanol–water partition coefficient (Wildman–Crippen LogP) is 4.24. The van der Waals surface area contributed by atoms with E-state index < -0.39 is 30.2 Å². The van der Waals surface area contributed by atoms with Crippen LogP contribution in [0.2, 0.25) is 5.02 Å². The number of amides is 1. The minimum absolute atomic E-state index is 0.00525. The van der Waals surface area contributed by atoms with Crippen LogP contribution < -0.4 is 9.64 Å². The van der Waals surface area contributed by atoms with Crippen LogP contribution in [0.15, 0.2) is 65.3 Å². The first kappa shape index (κ1) is 23.3. The summed E-state index contributed by atoms with van der Waals surface area (Å²) < 4.78 is 15.3. The second kappa shape index (κ2) is 9.93. The van der Waals surface area contributed by atoms with E-state index in [1.54, 1.807) is 31.2 Å². The minimum atomic E-state index is -0.679. The number of halogens is 1. The predicted molar refractivity (Wildman–Crippen MR) is 122 cm³/mol. The molecule has 1 saturated heterocycles. The molecule has 0 N–H and O–H groups in total. The van der Waals surface area contributed by atoms with Crippen molar-refractivity contribution >= 4 is 40.9 Å². The number of furan rings is 1. The van der Waals surface area contributed by atoms with Crippen molar-refractivity contribution in [2.45, 2.75) is 13.3 Å². The van der Waals surface area contributed by atoms with E-state index in [1.807, 2.05) is 0 Å². The number of anilines is 1. The van der Waals surface area contributed by atoms with Gasteiger partial charge in [0, 0.05) is 29.2 Å². The van der Waals surface area contributed by atoms with Gasteiger partial charge in [0.25, 0.3) is 0 Å². The molecule has 1 amide bonds. The molecule has 174 valence electrons. The SMILES string of the molecule is Cc1c(Cl)cccc1N1C[C@@H](C(=O)OCC(=O)c2ccc(OC(=O)c3ccco3)cc2)CC1=O. The summed E-state index contributed by atoms with van der Waals surface area (Å²) in [5, 5.41) is 0.531. The molecule has 1 aliphatic rings. The van der Waals surface area contributed by atoms with Crippen molar-refractivity contribution in [2.75, 3.05) is 18.1 Å². The largest absolute Gasteiger partial charge is 0.457 e. The fourth-order valence-corrected chi connectivity index (χ4v) is 3.76. The quantitative estimate of drug-likeness (QED) is 0.282. The molecule has 1 aromatic heterocycles. The lowest BCUT2D eigenvalue weighted by molar-refractivity contribution is -0.147. The molecule has 0 bridgehead atoms. The maximum absolute atomic E-state index is 12.5. The van der Waals surface area contributed by atoms with Crippen molar-refractivity contribution in [3.05, 3.63) is 82.8 Å². The van der Waals surface area contributed by atoms with E-state index in [1.165, 1.54) is 41.5 Å². The zero-order chi connectivity index (χ0) is 24.2. The highest BCUT2D eigenvalue weighted by atomic mass is 35.5. The number of carbonyl (C=O) groups is 4. The van der Waals surface area contributed by atoms with Crippen LogP contribution in [0.1, 0.15) is 32.9 Å². The summed E-state index contributed by atoms with van der Waals surface area (Å²) in [6, 6.07) is 14.1. The molecule has 3 aromatic rings. The Morgan fingerprint density at radius 2 is 1.85 bits per heavy atom. The van der Waals surface area contributed by atoms with Crippen LogP contribution in [0, 0.1) is 12.8 Å². The first-order valence-electron chi connectivity index (χ1n) is 10.4. The summed E-state index contributed by atoms with van der Waals surface area (Å²) in [6.07, 6.45) is 1.35. The highest BCUT2D eigenvalue weighted by Crippen LogP contribution is 2.31. The van der Waals surface area contributed by atoms with Crippen LogP contribution in [-0.2, 0) is 14.3 Å². The number of rotatable bonds is 7. The molecule has 4 rings (SSSR count). The number of ether oxygens (including phenoxy) is 2. The van der Waals surface area contributed by atoms with Gasteiger partial charge in [0.2, 0.25) is 11.7 Å². The lowest BCUT2D eigenvalue weighted by Gasteiger charge is -2.19. The van der Waals surface area contributed by atoms with Crippen LogP contribution in [0.4, 0.5) is 5.69 Å². The first-order valence-corrected chi connectivity index (χ1v) is 10.8. The summed E-state index contributed by atoms with van der Waals surface area (Å²) in [5.74, 6) is -2.30. The number of hydrogen-bond acceptors (Lipinski definition) is 7. The van der Waals surface area contributed by atoms with Gasteiger partial charge in [-0.25, -0.2) is 4.79 Å². The smallest absolute Gasteiger partial charge is 0.379 e. The third-order valence-corrected chi connectivity index (χ3v) is 5.85. The second-order valence-electron chi connectivity index (χ2n) is 7.71. The fraction of sp³-hybridized carbons (Fsp3) is 0.200.